The molecule has 3 aromatic rings. The highest BCUT2D eigenvalue weighted by molar-refractivity contribution is 6.39. The molecule has 8 heteroatoms. The number of fused-ring (bicyclic) bond motifs is 1. The number of nitrogens with one attached hydrogen (secondary N) is 1. The third kappa shape index (κ3) is 4.96. The van der Waals surface area contributed by atoms with Crippen molar-refractivity contribution in [3.05, 3.63) is 63.8 Å². The van der Waals surface area contributed by atoms with Crippen LogP contribution in [0, 0.1) is 6.92 Å². The highest BCUT2D eigenvalue weighted by Gasteiger charge is 2.15. The molecule has 0 aliphatic rings. The van der Waals surface area contributed by atoms with Gasteiger partial charge in [-0.2, -0.15) is 0 Å². The Hall–Kier alpha value is -2.83. The van der Waals surface area contributed by atoms with Gasteiger partial charge in [-0.25, -0.2) is 9.78 Å². The number of ether oxygens (including phenoxy) is 2. The number of carbonyl (C=O) groups is 2. The number of hydrogen-bond donors (Lipinski definition) is 1. The first-order valence-corrected chi connectivity index (χ1v) is 9.60. The lowest BCUT2D eigenvalue weighted by atomic mass is 10.2. The largest absolute Gasteiger partial charge is 0.480 e. The van der Waals surface area contributed by atoms with E-state index in [1.54, 1.807) is 37.3 Å². The number of nitrogens with zero attached hydrogens (tertiary/aromatic N) is 1. The number of hydrogen-bond acceptors (Lipinski definition) is 5. The Morgan fingerprint density at radius 2 is 1.79 bits per heavy atom. The zero-order valence-electron chi connectivity index (χ0n) is 15.8. The molecule has 29 heavy (non-hydrogen) atoms. The average molecular weight is 433 g/mol. The summed E-state index contributed by atoms with van der Waals surface area (Å²) in [5.41, 5.74) is 2.19. The predicted molar refractivity (Wildman–Crippen MR) is 113 cm³/mol. The minimum absolute atomic E-state index is 0.271. The van der Waals surface area contributed by atoms with Crippen molar-refractivity contribution in [1.82, 2.24) is 4.98 Å². The normalized spacial score (nSPS) is 10.6. The van der Waals surface area contributed by atoms with Crippen molar-refractivity contribution in [2.45, 2.75) is 13.8 Å². The van der Waals surface area contributed by atoms with Gasteiger partial charge in [0.15, 0.2) is 12.4 Å². The summed E-state index contributed by atoms with van der Waals surface area (Å²) in [5.74, 6) is -0.510. The summed E-state index contributed by atoms with van der Waals surface area (Å²) in [6.07, 6.45) is 0. The molecule has 0 bridgehead atoms. The van der Waals surface area contributed by atoms with Gasteiger partial charge in [-0.15, -0.1) is 0 Å². The van der Waals surface area contributed by atoms with E-state index >= 15 is 0 Å². The lowest BCUT2D eigenvalue weighted by Crippen LogP contribution is -2.20. The van der Waals surface area contributed by atoms with Gasteiger partial charge in [0, 0.05) is 16.8 Å². The lowest BCUT2D eigenvalue weighted by Gasteiger charge is -2.12. The highest BCUT2D eigenvalue weighted by atomic mass is 35.5. The number of aromatic nitrogens is 1. The third-order valence-electron chi connectivity index (χ3n) is 4.00. The van der Waals surface area contributed by atoms with Crippen molar-refractivity contribution >= 4 is 51.7 Å². The molecule has 0 saturated carbocycles. The molecule has 3 rings (SSSR count). The lowest BCUT2D eigenvalue weighted by molar-refractivity contribution is -0.118. The second-order valence-corrected chi connectivity index (χ2v) is 6.97. The van der Waals surface area contributed by atoms with Gasteiger partial charge in [-0.05, 0) is 56.3 Å². The Balaban J connectivity index is 1.70. The van der Waals surface area contributed by atoms with Crippen LogP contribution in [-0.2, 0) is 9.53 Å². The molecular formula is C21H18Cl2N2O4. The molecule has 0 atom stereocenters. The first-order chi connectivity index (χ1) is 13.9. The second-order valence-electron chi connectivity index (χ2n) is 6.15. The van der Waals surface area contributed by atoms with Gasteiger partial charge in [0.25, 0.3) is 5.91 Å². The maximum Gasteiger partial charge on any atom is 0.338 e. The minimum Gasteiger partial charge on any atom is -0.480 e. The van der Waals surface area contributed by atoms with E-state index in [4.69, 9.17) is 32.7 Å². The van der Waals surface area contributed by atoms with E-state index in [-0.39, 0.29) is 17.5 Å². The summed E-state index contributed by atoms with van der Waals surface area (Å²) in [6.45, 7) is 3.60. The van der Waals surface area contributed by atoms with E-state index in [0.717, 1.165) is 5.69 Å². The van der Waals surface area contributed by atoms with Crippen molar-refractivity contribution < 1.29 is 19.1 Å². The Labute approximate surface area is 177 Å². The third-order valence-corrected chi connectivity index (χ3v) is 4.60. The fourth-order valence-electron chi connectivity index (χ4n) is 2.67. The second kappa shape index (κ2) is 9.11. The highest BCUT2D eigenvalue weighted by Crippen LogP contribution is 2.37. The number of carbonyl (C=O) groups excluding carboxylic acids is 2. The van der Waals surface area contributed by atoms with Crippen LogP contribution in [-0.4, -0.2) is 30.1 Å². The van der Waals surface area contributed by atoms with Gasteiger partial charge in [-0.3, -0.25) is 4.79 Å². The van der Waals surface area contributed by atoms with Gasteiger partial charge < -0.3 is 14.8 Å². The molecule has 2 aromatic carbocycles. The number of amides is 1. The summed E-state index contributed by atoms with van der Waals surface area (Å²) in [6, 6.07) is 11.6. The molecule has 1 N–H and O–H groups in total. The van der Waals surface area contributed by atoms with Crippen molar-refractivity contribution in [2.24, 2.45) is 0 Å². The number of aryl methyl sites for hydroxylation is 1. The maximum absolute atomic E-state index is 12.3. The zero-order chi connectivity index (χ0) is 21.0. The van der Waals surface area contributed by atoms with Crippen molar-refractivity contribution in [1.29, 1.82) is 0 Å². The molecule has 0 aliphatic carbocycles. The number of esters is 1. The number of rotatable bonds is 6. The van der Waals surface area contributed by atoms with E-state index in [9.17, 15) is 9.59 Å². The van der Waals surface area contributed by atoms with Crippen LogP contribution in [0.25, 0.3) is 10.9 Å². The van der Waals surface area contributed by atoms with Crippen LogP contribution in [0.5, 0.6) is 5.75 Å². The maximum atomic E-state index is 12.3. The van der Waals surface area contributed by atoms with Crippen molar-refractivity contribution in [3.8, 4) is 5.75 Å². The zero-order valence-corrected chi connectivity index (χ0v) is 17.3. The van der Waals surface area contributed by atoms with Gasteiger partial charge in [0.2, 0.25) is 0 Å². The van der Waals surface area contributed by atoms with Crippen LogP contribution in [0.4, 0.5) is 5.69 Å². The minimum atomic E-state index is -0.416. The van der Waals surface area contributed by atoms with Gasteiger partial charge in [0.05, 0.1) is 22.2 Å². The standard InChI is InChI=1S/C21H18Cl2N2O4/c1-3-28-21(27)13-5-7-14(8-6-13)25-18(26)11-29-20-17(23)10-16(22)15-9-4-12(2)24-19(15)20/h4-10H,3,11H2,1-2H3,(H,25,26). The summed E-state index contributed by atoms with van der Waals surface area (Å²) < 4.78 is 10.6. The van der Waals surface area contributed by atoms with Gasteiger partial charge in [0.1, 0.15) is 5.52 Å². The average Bonchev–Trinajstić information content (AvgIpc) is 2.68. The van der Waals surface area contributed by atoms with Crippen LogP contribution >= 0.6 is 23.2 Å². The van der Waals surface area contributed by atoms with Crippen molar-refractivity contribution in [3.63, 3.8) is 0 Å². The van der Waals surface area contributed by atoms with Gasteiger partial charge in [-0.1, -0.05) is 23.2 Å². The first-order valence-electron chi connectivity index (χ1n) is 8.84. The molecule has 6 nitrogen and oxygen atoms in total. The summed E-state index contributed by atoms with van der Waals surface area (Å²) >= 11 is 12.5. The first kappa shape index (κ1) is 20.9. The van der Waals surface area contributed by atoms with E-state index in [1.165, 1.54) is 0 Å². The van der Waals surface area contributed by atoms with Crippen LogP contribution < -0.4 is 10.1 Å². The van der Waals surface area contributed by atoms with Crippen LogP contribution in [0.1, 0.15) is 23.0 Å². The van der Waals surface area contributed by atoms with Crippen LogP contribution in [0.15, 0.2) is 42.5 Å². The Kier molecular flexibility index (Phi) is 6.56. The quantitative estimate of drug-likeness (QED) is 0.551. The summed E-state index contributed by atoms with van der Waals surface area (Å²) in [5, 5.41) is 4.11. The molecule has 1 amide bonds. The summed E-state index contributed by atoms with van der Waals surface area (Å²) in [4.78, 5) is 28.4. The molecule has 0 saturated heterocycles. The number of anilines is 1. The fourth-order valence-corrected chi connectivity index (χ4v) is 3.24. The Bertz CT molecular complexity index is 1070. The van der Waals surface area contributed by atoms with E-state index in [2.05, 4.69) is 10.3 Å². The van der Waals surface area contributed by atoms with E-state index in [1.807, 2.05) is 19.1 Å². The van der Waals surface area contributed by atoms with Gasteiger partial charge >= 0.3 is 5.97 Å². The van der Waals surface area contributed by atoms with Crippen LogP contribution in [0.3, 0.4) is 0 Å². The van der Waals surface area contributed by atoms with Crippen LogP contribution in [0.2, 0.25) is 10.0 Å². The van der Waals surface area contributed by atoms with Crippen molar-refractivity contribution in [2.75, 3.05) is 18.5 Å². The predicted octanol–water partition coefficient (Wildman–Crippen LogP) is 5.04. The molecule has 0 aliphatic heterocycles. The molecular weight excluding hydrogens is 415 g/mol. The van der Waals surface area contributed by atoms with E-state index in [0.29, 0.717) is 39.5 Å². The molecule has 0 unspecified atom stereocenters. The summed E-state index contributed by atoms with van der Waals surface area (Å²) in [7, 11) is 0. The monoisotopic (exact) mass is 432 g/mol. The fraction of sp³-hybridized carbons (Fsp3) is 0.190. The molecule has 0 radical (unpaired) electrons. The smallest absolute Gasteiger partial charge is 0.338 e. The molecule has 1 aromatic heterocycles. The number of pyridine rings is 1. The SMILES string of the molecule is CCOC(=O)c1ccc(NC(=O)COc2c(Cl)cc(Cl)c3ccc(C)nc23)cc1. The molecule has 0 fully saturated rings. The number of halogens is 2. The Morgan fingerprint density at radius 1 is 1.07 bits per heavy atom. The molecule has 150 valence electrons. The topological polar surface area (TPSA) is 77.5 Å². The van der Waals surface area contributed by atoms with E-state index < -0.39 is 5.97 Å². The Morgan fingerprint density at radius 3 is 2.48 bits per heavy atom. The molecule has 1 heterocycles. The number of benzene rings is 2. The molecule has 0 spiro atoms.